The van der Waals surface area contributed by atoms with Crippen LogP contribution in [0.25, 0.3) is 0 Å². The topological polar surface area (TPSA) is 64.9 Å². The van der Waals surface area contributed by atoms with Crippen LogP contribution in [0.3, 0.4) is 0 Å². The molecule has 0 spiro atoms. The first-order valence-electron chi connectivity index (χ1n) is 9.55. The Bertz CT molecular complexity index is 925. The first-order valence-corrected chi connectivity index (χ1v) is 9.55. The third-order valence-electron chi connectivity index (χ3n) is 5.96. The van der Waals surface area contributed by atoms with Gasteiger partial charge in [-0.2, -0.15) is 0 Å². The summed E-state index contributed by atoms with van der Waals surface area (Å²) in [5, 5.41) is 12.4. The van der Waals surface area contributed by atoms with Crippen molar-refractivity contribution in [1.82, 2.24) is 25.3 Å². The molecular weight excluding hydrogens is 338 g/mol. The van der Waals surface area contributed by atoms with Gasteiger partial charge in [-0.15, -0.1) is 5.10 Å². The van der Waals surface area contributed by atoms with Crippen molar-refractivity contribution in [2.45, 2.75) is 31.4 Å². The molecule has 2 fully saturated rings. The number of rotatable bonds is 6. The van der Waals surface area contributed by atoms with Gasteiger partial charge in [0.1, 0.15) is 12.4 Å². The van der Waals surface area contributed by atoms with E-state index < -0.39 is 0 Å². The second-order valence-electron chi connectivity index (χ2n) is 7.58. The highest BCUT2D eigenvalue weighted by Crippen LogP contribution is 2.50. The molecule has 6 heteroatoms. The number of aromatic nitrogens is 4. The molecule has 0 amide bonds. The highest BCUT2D eigenvalue weighted by atomic mass is 16.5. The number of hydrogen-bond donors (Lipinski definition) is 1. The molecule has 0 bridgehead atoms. The van der Waals surface area contributed by atoms with Crippen LogP contribution in [-0.4, -0.2) is 33.1 Å². The van der Waals surface area contributed by atoms with Gasteiger partial charge in [-0.05, 0) is 55.1 Å². The largest absolute Gasteiger partial charge is 0.487 e. The highest BCUT2D eigenvalue weighted by molar-refractivity contribution is 5.29. The Morgan fingerprint density at radius 3 is 3.04 bits per heavy atom. The van der Waals surface area contributed by atoms with Crippen LogP contribution in [0.1, 0.15) is 29.8 Å². The Balaban J connectivity index is 1.26. The van der Waals surface area contributed by atoms with Crippen LogP contribution in [0.15, 0.2) is 54.9 Å². The van der Waals surface area contributed by atoms with Gasteiger partial charge >= 0.3 is 0 Å². The number of hydrogen-bond acceptors (Lipinski definition) is 5. The molecule has 2 atom stereocenters. The summed E-state index contributed by atoms with van der Waals surface area (Å²) in [6, 6.07) is 14.0. The monoisotopic (exact) mass is 361 g/mol. The van der Waals surface area contributed by atoms with Crippen molar-refractivity contribution >= 4 is 0 Å². The smallest absolute Gasteiger partial charge is 0.130 e. The van der Waals surface area contributed by atoms with Gasteiger partial charge < -0.3 is 10.1 Å². The lowest BCUT2D eigenvalue weighted by Crippen LogP contribution is -2.44. The molecular formula is C21H23N5O. The van der Waals surface area contributed by atoms with Gasteiger partial charge in [0.05, 0.1) is 17.9 Å². The summed E-state index contributed by atoms with van der Waals surface area (Å²) in [4.78, 5) is 4.29. The molecule has 1 aliphatic heterocycles. The maximum absolute atomic E-state index is 5.88. The molecule has 5 rings (SSSR count). The summed E-state index contributed by atoms with van der Waals surface area (Å²) in [6.07, 6.45) is 6.43. The third-order valence-corrected chi connectivity index (χ3v) is 5.96. The van der Waals surface area contributed by atoms with Crippen LogP contribution >= 0.6 is 0 Å². The van der Waals surface area contributed by atoms with Crippen LogP contribution in [0.4, 0.5) is 0 Å². The van der Waals surface area contributed by atoms with E-state index in [4.69, 9.17) is 4.74 Å². The fourth-order valence-corrected chi connectivity index (χ4v) is 4.29. The second kappa shape index (κ2) is 6.78. The molecule has 1 saturated heterocycles. The molecule has 1 saturated carbocycles. The minimum Gasteiger partial charge on any atom is -0.487 e. The van der Waals surface area contributed by atoms with Crippen molar-refractivity contribution in [3.8, 4) is 5.75 Å². The summed E-state index contributed by atoms with van der Waals surface area (Å²) in [6.45, 7) is 3.31. The van der Waals surface area contributed by atoms with E-state index in [9.17, 15) is 0 Å². The van der Waals surface area contributed by atoms with Crippen LogP contribution in [0, 0.1) is 5.92 Å². The predicted molar refractivity (Wildman–Crippen MR) is 101 cm³/mol. The third kappa shape index (κ3) is 3.10. The molecule has 27 heavy (non-hydrogen) atoms. The summed E-state index contributed by atoms with van der Waals surface area (Å²) < 4.78 is 7.82. The van der Waals surface area contributed by atoms with Gasteiger partial charge in [0.2, 0.25) is 0 Å². The van der Waals surface area contributed by atoms with Crippen molar-refractivity contribution in [2.75, 3.05) is 13.1 Å². The Morgan fingerprint density at radius 1 is 1.22 bits per heavy atom. The molecule has 1 aromatic carbocycles. The second-order valence-corrected chi connectivity index (χ2v) is 7.58. The number of benzene rings is 1. The molecule has 1 aliphatic carbocycles. The highest BCUT2D eigenvalue weighted by Gasteiger charge is 2.52. The summed E-state index contributed by atoms with van der Waals surface area (Å²) in [5.74, 6) is 1.57. The zero-order valence-corrected chi connectivity index (χ0v) is 15.2. The van der Waals surface area contributed by atoms with E-state index in [0.717, 1.165) is 41.7 Å². The molecule has 2 aliphatic rings. The van der Waals surface area contributed by atoms with E-state index in [2.05, 4.69) is 38.9 Å². The summed E-state index contributed by atoms with van der Waals surface area (Å²) in [5.41, 5.74) is 3.44. The van der Waals surface area contributed by atoms with Gasteiger partial charge in [0, 0.05) is 24.4 Å². The molecule has 2 aromatic heterocycles. The molecule has 3 heterocycles. The Hall–Kier alpha value is -2.73. The van der Waals surface area contributed by atoms with Crippen LogP contribution in [0.2, 0.25) is 0 Å². The van der Waals surface area contributed by atoms with E-state index >= 15 is 0 Å². The quantitative estimate of drug-likeness (QED) is 0.731. The minimum atomic E-state index is 0.228. The van der Waals surface area contributed by atoms with E-state index in [-0.39, 0.29) is 5.41 Å². The van der Waals surface area contributed by atoms with E-state index in [1.807, 2.05) is 35.0 Å². The SMILES string of the molecule is c1ccc(COc2cccc(Cn3cc([C@]45CC[C@H]4CNC5)nn3)c2)nc1. The van der Waals surface area contributed by atoms with Gasteiger partial charge in [-0.25, -0.2) is 4.68 Å². The fourth-order valence-electron chi connectivity index (χ4n) is 4.29. The Labute approximate surface area is 158 Å². The van der Waals surface area contributed by atoms with Crippen LogP contribution < -0.4 is 10.1 Å². The molecule has 138 valence electrons. The summed E-state index contributed by atoms with van der Waals surface area (Å²) in [7, 11) is 0. The number of pyridine rings is 1. The molecule has 3 aromatic rings. The molecule has 0 unspecified atom stereocenters. The van der Waals surface area contributed by atoms with Crippen molar-refractivity contribution in [3.63, 3.8) is 0 Å². The van der Waals surface area contributed by atoms with E-state index in [0.29, 0.717) is 13.2 Å². The van der Waals surface area contributed by atoms with Crippen molar-refractivity contribution in [3.05, 3.63) is 71.8 Å². The molecule has 0 radical (unpaired) electrons. The average molecular weight is 361 g/mol. The van der Waals surface area contributed by atoms with Crippen LogP contribution in [0.5, 0.6) is 5.75 Å². The van der Waals surface area contributed by atoms with Gasteiger partial charge in [0.15, 0.2) is 0 Å². The minimum absolute atomic E-state index is 0.228. The van der Waals surface area contributed by atoms with Crippen molar-refractivity contribution in [1.29, 1.82) is 0 Å². The van der Waals surface area contributed by atoms with Gasteiger partial charge in [-0.1, -0.05) is 23.4 Å². The molecule has 1 N–H and O–H groups in total. The lowest BCUT2D eigenvalue weighted by atomic mass is 9.60. The van der Waals surface area contributed by atoms with Crippen molar-refractivity contribution in [2.24, 2.45) is 5.92 Å². The lowest BCUT2D eigenvalue weighted by Gasteiger charge is -2.42. The molecule has 6 nitrogen and oxygen atoms in total. The van der Waals surface area contributed by atoms with Gasteiger partial charge in [-0.3, -0.25) is 4.98 Å². The zero-order chi connectivity index (χ0) is 18.1. The maximum Gasteiger partial charge on any atom is 0.130 e. The van der Waals surface area contributed by atoms with E-state index in [1.165, 1.54) is 12.8 Å². The Morgan fingerprint density at radius 2 is 2.22 bits per heavy atom. The number of fused-ring (bicyclic) bond motifs is 1. The normalized spacial score (nSPS) is 23.6. The predicted octanol–water partition coefficient (Wildman–Crippen LogP) is 2.55. The lowest BCUT2D eigenvalue weighted by molar-refractivity contribution is 0.176. The Kier molecular flexibility index (Phi) is 4.13. The first-order chi connectivity index (χ1) is 13.3. The van der Waals surface area contributed by atoms with Crippen LogP contribution in [-0.2, 0) is 18.6 Å². The number of nitrogens with one attached hydrogen (secondary N) is 1. The van der Waals surface area contributed by atoms with Gasteiger partial charge in [0.25, 0.3) is 0 Å². The zero-order valence-electron chi connectivity index (χ0n) is 15.2. The first kappa shape index (κ1) is 16.4. The van der Waals surface area contributed by atoms with E-state index in [1.54, 1.807) is 6.20 Å². The maximum atomic E-state index is 5.88. The van der Waals surface area contributed by atoms with Crippen molar-refractivity contribution < 1.29 is 4.74 Å². The standard InChI is InChI=1S/C21H23N5O/c1-2-9-23-18(5-1)14-27-19-6-3-4-16(10-19)12-26-13-20(24-25-26)21-8-7-17(21)11-22-15-21/h1-6,9-10,13,17,22H,7-8,11-12,14-15H2/t17-,21-/m0/s1. The number of nitrogens with zero attached hydrogens (tertiary/aromatic N) is 4. The number of ether oxygens (including phenoxy) is 1. The average Bonchev–Trinajstić information content (AvgIpc) is 3.26. The fraction of sp³-hybridized carbons (Fsp3) is 0.381. The summed E-state index contributed by atoms with van der Waals surface area (Å²) >= 11 is 0.